The molecule has 16 heavy (non-hydrogen) atoms. The van der Waals surface area contributed by atoms with Crippen molar-refractivity contribution in [1.29, 1.82) is 0 Å². The second kappa shape index (κ2) is 4.93. The molecule has 1 atom stereocenters. The van der Waals surface area contributed by atoms with Crippen molar-refractivity contribution in [2.75, 3.05) is 0 Å². The van der Waals surface area contributed by atoms with Gasteiger partial charge in [0.15, 0.2) is 0 Å². The number of benzene rings is 1. The van der Waals surface area contributed by atoms with Gasteiger partial charge in [-0.15, -0.1) is 0 Å². The van der Waals surface area contributed by atoms with E-state index in [1.165, 1.54) is 23.1 Å². The molecule has 1 unspecified atom stereocenters. The number of aromatic nitrogens is 1. The standard InChI is InChI=1S/C15H17N/c1-3-12(2)13-4-6-14(7-5-13)15-8-10-16-11-9-15/h4-12H,3H2,1-2H3. The quantitative estimate of drug-likeness (QED) is 0.739. The normalized spacial score (nSPS) is 12.4. The van der Waals surface area contributed by atoms with Crippen molar-refractivity contribution in [3.8, 4) is 11.1 Å². The van der Waals surface area contributed by atoms with Crippen LogP contribution in [0.4, 0.5) is 0 Å². The maximum absolute atomic E-state index is 4.03. The third-order valence-electron chi connectivity index (χ3n) is 3.11. The minimum atomic E-state index is 0.645. The van der Waals surface area contributed by atoms with Gasteiger partial charge in [-0.3, -0.25) is 4.98 Å². The van der Waals surface area contributed by atoms with Crippen LogP contribution >= 0.6 is 0 Å². The average Bonchev–Trinajstić information content (AvgIpc) is 2.39. The summed E-state index contributed by atoms with van der Waals surface area (Å²) in [6.07, 6.45) is 4.85. The summed E-state index contributed by atoms with van der Waals surface area (Å²) in [6.45, 7) is 4.49. The first kappa shape index (κ1) is 10.9. The van der Waals surface area contributed by atoms with Gasteiger partial charge in [-0.2, -0.15) is 0 Å². The molecule has 0 aliphatic heterocycles. The average molecular weight is 211 g/mol. The van der Waals surface area contributed by atoms with Crippen LogP contribution in [0.3, 0.4) is 0 Å². The number of hydrogen-bond acceptors (Lipinski definition) is 1. The Balaban J connectivity index is 2.26. The minimum absolute atomic E-state index is 0.645. The van der Waals surface area contributed by atoms with Gasteiger partial charge >= 0.3 is 0 Å². The molecule has 0 aliphatic carbocycles. The van der Waals surface area contributed by atoms with Gasteiger partial charge in [0, 0.05) is 12.4 Å². The van der Waals surface area contributed by atoms with Crippen molar-refractivity contribution >= 4 is 0 Å². The minimum Gasteiger partial charge on any atom is -0.265 e. The molecule has 2 aromatic rings. The zero-order chi connectivity index (χ0) is 11.4. The zero-order valence-corrected chi connectivity index (χ0v) is 9.85. The summed E-state index contributed by atoms with van der Waals surface area (Å²) in [5, 5.41) is 0. The van der Waals surface area contributed by atoms with E-state index in [0.717, 1.165) is 0 Å². The van der Waals surface area contributed by atoms with Crippen LogP contribution in [-0.4, -0.2) is 4.98 Å². The lowest BCUT2D eigenvalue weighted by molar-refractivity contribution is 0.734. The Morgan fingerprint density at radius 3 is 2.06 bits per heavy atom. The van der Waals surface area contributed by atoms with E-state index in [9.17, 15) is 0 Å². The first-order valence-electron chi connectivity index (χ1n) is 5.81. The van der Waals surface area contributed by atoms with Crippen LogP contribution < -0.4 is 0 Å². The van der Waals surface area contributed by atoms with E-state index in [4.69, 9.17) is 0 Å². The molecule has 82 valence electrons. The molecular weight excluding hydrogens is 194 g/mol. The zero-order valence-electron chi connectivity index (χ0n) is 9.85. The second-order valence-electron chi connectivity index (χ2n) is 4.17. The van der Waals surface area contributed by atoms with E-state index in [1.54, 1.807) is 0 Å². The maximum Gasteiger partial charge on any atom is 0.0273 e. The first-order valence-corrected chi connectivity index (χ1v) is 5.81. The van der Waals surface area contributed by atoms with Crippen molar-refractivity contribution in [3.63, 3.8) is 0 Å². The van der Waals surface area contributed by atoms with Crippen LogP contribution in [0.15, 0.2) is 48.8 Å². The van der Waals surface area contributed by atoms with E-state index in [1.807, 2.05) is 24.5 Å². The predicted molar refractivity (Wildman–Crippen MR) is 68.4 cm³/mol. The molecule has 0 saturated carbocycles. The molecule has 1 aromatic carbocycles. The molecule has 0 N–H and O–H groups in total. The molecule has 0 amide bonds. The number of pyridine rings is 1. The van der Waals surface area contributed by atoms with Crippen LogP contribution in [0.5, 0.6) is 0 Å². The number of rotatable bonds is 3. The smallest absolute Gasteiger partial charge is 0.0273 e. The largest absolute Gasteiger partial charge is 0.265 e. The van der Waals surface area contributed by atoms with Gasteiger partial charge in [-0.05, 0) is 41.2 Å². The van der Waals surface area contributed by atoms with Crippen LogP contribution in [-0.2, 0) is 0 Å². The lowest BCUT2D eigenvalue weighted by atomic mass is 9.96. The van der Waals surface area contributed by atoms with E-state index >= 15 is 0 Å². The van der Waals surface area contributed by atoms with Crippen LogP contribution in [0.2, 0.25) is 0 Å². The predicted octanol–water partition coefficient (Wildman–Crippen LogP) is 4.26. The lowest BCUT2D eigenvalue weighted by Gasteiger charge is -2.09. The topological polar surface area (TPSA) is 12.9 Å². The van der Waals surface area contributed by atoms with Gasteiger partial charge in [0.05, 0.1) is 0 Å². The molecule has 0 aliphatic rings. The molecule has 0 fully saturated rings. The number of hydrogen-bond donors (Lipinski definition) is 0. The fourth-order valence-corrected chi connectivity index (χ4v) is 1.78. The van der Waals surface area contributed by atoms with Crippen molar-refractivity contribution in [2.45, 2.75) is 26.2 Å². The third kappa shape index (κ3) is 2.30. The Morgan fingerprint density at radius 1 is 0.938 bits per heavy atom. The van der Waals surface area contributed by atoms with Gasteiger partial charge in [-0.1, -0.05) is 38.1 Å². The molecule has 1 nitrogen and oxygen atoms in total. The van der Waals surface area contributed by atoms with Crippen LogP contribution in [0.1, 0.15) is 31.7 Å². The Hall–Kier alpha value is -1.63. The first-order chi connectivity index (χ1) is 7.81. The monoisotopic (exact) mass is 211 g/mol. The summed E-state index contributed by atoms with van der Waals surface area (Å²) in [7, 11) is 0. The highest BCUT2D eigenvalue weighted by molar-refractivity contribution is 5.62. The molecule has 0 bridgehead atoms. The number of nitrogens with zero attached hydrogens (tertiary/aromatic N) is 1. The van der Waals surface area contributed by atoms with E-state index < -0.39 is 0 Å². The second-order valence-corrected chi connectivity index (χ2v) is 4.17. The van der Waals surface area contributed by atoms with Gasteiger partial charge in [0.2, 0.25) is 0 Å². The molecule has 2 rings (SSSR count). The van der Waals surface area contributed by atoms with Crippen LogP contribution in [0.25, 0.3) is 11.1 Å². The summed E-state index contributed by atoms with van der Waals surface area (Å²) in [5.74, 6) is 0.645. The maximum atomic E-state index is 4.03. The molecular formula is C15H17N. The highest BCUT2D eigenvalue weighted by atomic mass is 14.6. The summed E-state index contributed by atoms with van der Waals surface area (Å²) in [4.78, 5) is 4.03. The van der Waals surface area contributed by atoms with Gasteiger partial charge in [0.1, 0.15) is 0 Å². The highest BCUT2D eigenvalue weighted by Gasteiger charge is 2.02. The van der Waals surface area contributed by atoms with Crippen molar-refractivity contribution < 1.29 is 0 Å². The van der Waals surface area contributed by atoms with E-state index in [2.05, 4.69) is 43.1 Å². The van der Waals surface area contributed by atoms with Gasteiger partial charge < -0.3 is 0 Å². The molecule has 1 heteroatoms. The Bertz CT molecular complexity index is 431. The summed E-state index contributed by atoms with van der Waals surface area (Å²) in [5.41, 5.74) is 3.90. The van der Waals surface area contributed by atoms with Crippen molar-refractivity contribution in [3.05, 3.63) is 54.4 Å². The molecule has 0 spiro atoms. The summed E-state index contributed by atoms with van der Waals surface area (Å²) < 4.78 is 0. The Morgan fingerprint density at radius 2 is 1.50 bits per heavy atom. The molecule has 1 heterocycles. The fraction of sp³-hybridized carbons (Fsp3) is 0.267. The van der Waals surface area contributed by atoms with E-state index in [0.29, 0.717) is 5.92 Å². The molecule has 0 radical (unpaired) electrons. The lowest BCUT2D eigenvalue weighted by Crippen LogP contribution is -1.90. The van der Waals surface area contributed by atoms with E-state index in [-0.39, 0.29) is 0 Å². The Kier molecular flexibility index (Phi) is 3.35. The van der Waals surface area contributed by atoms with Gasteiger partial charge in [0.25, 0.3) is 0 Å². The highest BCUT2D eigenvalue weighted by Crippen LogP contribution is 2.23. The van der Waals surface area contributed by atoms with Gasteiger partial charge in [-0.25, -0.2) is 0 Å². The fourth-order valence-electron chi connectivity index (χ4n) is 1.78. The third-order valence-corrected chi connectivity index (χ3v) is 3.11. The van der Waals surface area contributed by atoms with Crippen molar-refractivity contribution in [2.24, 2.45) is 0 Å². The summed E-state index contributed by atoms with van der Waals surface area (Å²) in [6, 6.07) is 12.9. The molecule has 1 aromatic heterocycles. The van der Waals surface area contributed by atoms with Crippen molar-refractivity contribution in [1.82, 2.24) is 4.98 Å². The SMILES string of the molecule is CCC(C)c1ccc(-c2ccncc2)cc1. The van der Waals surface area contributed by atoms with Crippen LogP contribution in [0, 0.1) is 0 Å². The summed E-state index contributed by atoms with van der Waals surface area (Å²) >= 11 is 0. The Labute approximate surface area is 97.2 Å². The molecule has 0 saturated heterocycles.